The molecule has 0 nitrogen and oxygen atoms in total. The molecule has 0 saturated heterocycles. The molecule has 2 atom stereocenters. The third-order valence-corrected chi connectivity index (χ3v) is 11.8. The quantitative estimate of drug-likeness (QED) is 0.243. The second kappa shape index (κ2) is 6.81. The van der Waals surface area contributed by atoms with Crippen molar-refractivity contribution in [2.75, 3.05) is 0 Å². The van der Waals surface area contributed by atoms with Gasteiger partial charge < -0.3 is 0 Å². The van der Waals surface area contributed by atoms with Crippen molar-refractivity contribution in [1.82, 2.24) is 0 Å². The highest BCUT2D eigenvalue weighted by Gasteiger charge is 2.61. The molecule has 0 spiro atoms. The maximum atomic E-state index is 4.00. The molecule has 4 rings (SSSR count). The van der Waals surface area contributed by atoms with E-state index in [0.29, 0.717) is 0 Å². The van der Waals surface area contributed by atoms with Crippen LogP contribution < -0.4 is 0 Å². The first kappa shape index (κ1) is 23.3. The smallest absolute Gasteiger partial charge is 0.0362 e. The van der Waals surface area contributed by atoms with Crippen LogP contribution in [0.15, 0.2) is 75.7 Å². The summed E-state index contributed by atoms with van der Waals surface area (Å²) in [4.78, 5) is 0. The Morgan fingerprint density at radius 3 is 1.10 bits per heavy atom. The van der Waals surface area contributed by atoms with Gasteiger partial charge in [0.1, 0.15) is 0 Å². The Balaban J connectivity index is 2.20. The minimum absolute atomic E-state index is 0.0632. The van der Waals surface area contributed by atoms with E-state index in [-0.39, 0.29) is 21.7 Å². The molecule has 4 heteroatoms. The lowest BCUT2D eigenvalue weighted by Crippen LogP contribution is -2.50. The maximum absolute atomic E-state index is 4.00. The molecule has 0 aromatic rings. The Kier molecular flexibility index (Phi) is 5.28. The Hall–Kier alpha value is 0.1000. The molecule has 0 heterocycles. The van der Waals surface area contributed by atoms with E-state index in [4.69, 9.17) is 0 Å². The van der Waals surface area contributed by atoms with Crippen molar-refractivity contribution in [1.29, 1.82) is 0 Å². The molecule has 4 aliphatic rings. The van der Waals surface area contributed by atoms with Crippen molar-refractivity contribution in [3.05, 3.63) is 75.7 Å². The summed E-state index contributed by atoms with van der Waals surface area (Å²) in [5.74, 6) is 0. The summed E-state index contributed by atoms with van der Waals surface area (Å²) in [7, 11) is 0. The van der Waals surface area contributed by atoms with Crippen LogP contribution in [0.5, 0.6) is 0 Å². The maximum Gasteiger partial charge on any atom is 0.0362 e. The highest BCUT2D eigenvalue weighted by Crippen LogP contribution is 2.73. The lowest BCUT2D eigenvalue weighted by molar-refractivity contribution is 0.242. The second-order valence-electron chi connectivity index (χ2n) is 11.1. The zero-order valence-electron chi connectivity index (χ0n) is 18.8. The molecule has 2 unspecified atom stereocenters. The number of allylic oxidation sites excluding steroid dienone is 14. The SMILES string of the molecule is CC(C)(C)C1=CC2=C(Br)C(Br)=C3C=C(C(C)(C)C)C=C4C(Br)=C(Br)C(=C1)C2(C)C43C. The topological polar surface area (TPSA) is 0 Å². The Morgan fingerprint density at radius 1 is 0.533 bits per heavy atom. The van der Waals surface area contributed by atoms with Gasteiger partial charge in [-0.3, -0.25) is 0 Å². The van der Waals surface area contributed by atoms with E-state index in [1.54, 1.807) is 0 Å². The molecule has 30 heavy (non-hydrogen) atoms. The molecular weight excluding hydrogens is 632 g/mol. The Bertz CT molecular complexity index is 1010. The van der Waals surface area contributed by atoms with Crippen molar-refractivity contribution >= 4 is 63.7 Å². The van der Waals surface area contributed by atoms with Gasteiger partial charge in [0.2, 0.25) is 0 Å². The summed E-state index contributed by atoms with van der Waals surface area (Å²) in [6, 6.07) is 0. The third-order valence-electron chi connectivity index (χ3n) is 7.42. The normalized spacial score (nSPS) is 31.3. The summed E-state index contributed by atoms with van der Waals surface area (Å²) in [6.07, 6.45) is 9.65. The molecular formula is C26H28Br4. The highest BCUT2D eigenvalue weighted by atomic mass is 79.9. The van der Waals surface area contributed by atoms with Crippen LogP contribution in [0.4, 0.5) is 0 Å². The molecule has 0 aromatic carbocycles. The fraction of sp³-hybridized carbons (Fsp3) is 0.462. The Morgan fingerprint density at radius 2 is 0.833 bits per heavy atom. The monoisotopic (exact) mass is 656 g/mol. The molecule has 4 aliphatic carbocycles. The first-order valence-electron chi connectivity index (χ1n) is 10.3. The molecule has 160 valence electrons. The molecule has 0 aliphatic heterocycles. The molecule has 0 bridgehead atoms. The molecule has 0 saturated carbocycles. The number of halogens is 4. The second-order valence-corrected chi connectivity index (χ2v) is 14.3. The van der Waals surface area contributed by atoms with E-state index in [1.807, 2.05) is 0 Å². The molecule has 0 amide bonds. The van der Waals surface area contributed by atoms with Crippen LogP contribution in [0.3, 0.4) is 0 Å². The van der Waals surface area contributed by atoms with Crippen molar-refractivity contribution in [3.63, 3.8) is 0 Å². The van der Waals surface area contributed by atoms with Crippen molar-refractivity contribution < 1.29 is 0 Å². The summed E-state index contributed by atoms with van der Waals surface area (Å²) in [6.45, 7) is 18.5. The van der Waals surface area contributed by atoms with E-state index in [1.165, 1.54) is 33.4 Å². The van der Waals surface area contributed by atoms with Crippen LogP contribution in [-0.2, 0) is 0 Å². The largest absolute Gasteiger partial charge is 0.0561 e. The van der Waals surface area contributed by atoms with Crippen LogP contribution >= 0.6 is 63.7 Å². The van der Waals surface area contributed by atoms with Gasteiger partial charge in [0.05, 0.1) is 0 Å². The van der Waals surface area contributed by atoms with Gasteiger partial charge in [0.25, 0.3) is 0 Å². The summed E-state index contributed by atoms with van der Waals surface area (Å²) in [5, 5.41) is 0. The third kappa shape index (κ3) is 2.85. The van der Waals surface area contributed by atoms with Crippen LogP contribution in [0.2, 0.25) is 0 Å². The summed E-state index contributed by atoms with van der Waals surface area (Å²) < 4.78 is 4.64. The number of hydrogen-bond donors (Lipinski definition) is 0. The van der Waals surface area contributed by atoms with Crippen LogP contribution in [0.25, 0.3) is 0 Å². The molecule has 0 fully saturated rings. The van der Waals surface area contributed by atoms with Crippen LogP contribution in [0.1, 0.15) is 55.4 Å². The van der Waals surface area contributed by atoms with E-state index in [9.17, 15) is 0 Å². The molecule has 0 radical (unpaired) electrons. The minimum atomic E-state index is -0.185. The van der Waals surface area contributed by atoms with Gasteiger partial charge in [-0.2, -0.15) is 0 Å². The van der Waals surface area contributed by atoms with Gasteiger partial charge in [-0.1, -0.05) is 79.7 Å². The van der Waals surface area contributed by atoms with Crippen molar-refractivity contribution in [2.24, 2.45) is 21.7 Å². The highest BCUT2D eigenvalue weighted by molar-refractivity contribution is 9.15. The number of rotatable bonds is 0. The fourth-order valence-electron chi connectivity index (χ4n) is 5.12. The standard InChI is InChI=1S/C26H28Br4/c1-23(2,3)13-9-15-19(27)21(29)17-11-14(24(4,5)6)12-18-22(30)20(28)16(10-13)25(15,7)26(17,18)8/h9-12H,1-8H3. The van der Waals surface area contributed by atoms with Crippen LogP contribution in [0, 0.1) is 21.7 Å². The van der Waals surface area contributed by atoms with Gasteiger partial charge >= 0.3 is 0 Å². The lowest BCUT2D eigenvalue weighted by Gasteiger charge is -2.59. The average Bonchev–Trinajstić information content (AvgIpc) is 2.62. The number of hydrogen-bond acceptors (Lipinski definition) is 0. The molecule has 0 aromatic heterocycles. The van der Waals surface area contributed by atoms with Crippen molar-refractivity contribution in [3.8, 4) is 0 Å². The predicted molar refractivity (Wildman–Crippen MR) is 144 cm³/mol. The Labute approximate surface area is 214 Å². The van der Waals surface area contributed by atoms with Gasteiger partial charge in [-0.15, -0.1) is 0 Å². The average molecular weight is 660 g/mol. The fourth-order valence-corrected chi connectivity index (χ4v) is 8.02. The van der Waals surface area contributed by atoms with Crippen LogP contribution in [-0.4, -0.2) is 0 Å². The van der Waals surface area contributed by atoms with E-state index in [0.717, 1.165) is 17.9 Å². The lowest BCUT2D eigenvalue weighted by atomic mass is 9.45. The van der Waals surface area contributed by atoms with Gasteiger partial charge in [-0.25, -0.2) is 0 Å². The first-order valence-corrected chi connectivity index (χ1v) is 13.5. The zero-order valence-corrected chi connectivity index (χ0v) is 25.2. The van der Waals surface area contributed by atoms with Gasteiger partial charge in [-0.05, 0) is 108 Å². The van der Waals surface area contributed by atoms with E-state index >= 15 is 0 Å². The van der Waals surface area contributed by atoms with Gasteiger partial charge in [0.15, 0.2) is 0 Å². The van der Waals surface area contributed by atoms with Crippen molar-refractivity contribution in [2.45, 2.75) is 55.4 Å². The van der Waals surface area contributed by atoms with Gasteiger partial charge in [0, 0.05) is 28.8 Å². The minimum Gasteiger partial charge on any atom is -0.0561 e. The first-order chi connectivity index (χ1) is 13.6. The zero-order chi connectivity index (χ0) is 22.6. The summed E-state index contributed by atoms with van der Waals surface area (Å²) in [5.41, 5.74) is 7.83. The predicted octanol–water partition coefficient (Wildman–Crippen LogP) is 10.2. The van der Waals surface area contributed by atoms with E-state index in [2.05, 4.69) is 143 Å². The molecule has 0 N–H and O–H groups in total. The summed E-state index contributed by atoms with van der Waals surface area (Å²) >= 11 is 16.0. The van der Waals surface area contributed by atoms with E-state index < -0.39 is 0 Å².